The van der Waals surface area contributed by atoms with E-state index in [1.807, 2.05) is 13.8 Å². The van der Waals surface area contributed by atoms with Gasteiger partial charge >= 0.3 is 0 Å². The van der Waals surface area contributed by atoms with Crippen LogP contribution in [0, 0.1) is 35.5 Å². The standard InChI is InChI=1S/C14H22O3/c1-6-10-8-4-5-9(8)11(14(10)17-3)7(2)13(16)12(6)15/h4-16H,1-3H3/t6-,7+,8?,9?,10-,11+,12+,13-,14?. The van der Waals surface area contributed by atoms with E-state index in [0.717, 1.165) is 0 Å². The van der Waals surface area contributed by atoms with E-state index in [0.29, 0.717) is 23.7 Å². The Labute approximate surface area is 102 Å². The number of ether oxygens (including phenoxy) is 1. The second kappa shape index (κ2) is 3.81. The highest BCUT2D eigenvalue weighted by molar-refractivity contribution is 5.23. The molecule has 9 atom stereocenters. The third-order valence-electron chi connectivity index (χ3n) is 5.56. The maximum absolute atomic E-state index is 10.2. The molecule has 2 N–H and O–H groups in total. The Morgan fingerprint density at radius 1 is 0.882 bits per heavy atom. The number of hydrogen-bond donors (Lipinski definition) is 2. The van der Waals surface area contributed by atoms with Crippen LogP contribution in [0.4, 0.5) is 0 Å². The van der Waals surface area contributed by atoms with Gasteiger partial charge in [-0.15, -0.1) is 0 Å². The van der Waals surface area contributed by atoms with E-state index in [4.69, 9.17) is 4.74 Å². The molecule has 96 valence electrons. The van der Waals surface area contributed by atoms with Gasteiger partial charge in [0.2, 0.25) is 0 Å². The minimum atomic E-state index is -0.618. The van der Waals surface area contributed by atoms with Gasteiger partial charge in [-0.1, -0.05) is 26.0 Å². The minimum absolute atomic E-state index is 0.0994. The molecule has 3 rings (SSSR count). The fourth-order valence-electron chi connectivity index (χ4n) is 4.52. The lowest BCUT2D eigenvalue weighted by molar-refractivity contribution is -0.0635. The quantitative estimate of drug-likeness (QED) is 0.672. The molecule has 3 heteroatoms. The van der Waals surface area contributed by atoms with Gasteiger partial charge in [-0.05, 0) is 35.5 Å². The number of methoxy groups -OCH3 is 1. The summed E-state index contributed by atoms with van der Waals surface area (Å²) in [6.07, 6.45) is 3.46. The van der Waals surface area contributed by atoms with Crippen LogP contribution in [0.2, 0.25) is 0 Å². The van der Waals surface area contributed by atoms with Crippen molar-refractivity contribution in [3.8, 4) is 0 Å². The van der Waals surface area contributed by atoms with Crippen LogP contribution in [0.25, 0.3) is 0 Å². The van der Waals surface area contributed by atoms with Gasteiger partial charge in [-0.2, -0.15) is 0 Å². The first-order valence-electron chi connectivity index (χ1n) is 6.65. The molecule has 17 heavy (non-hydrogen) atoms. The second-order valence-corrected chi connectivity index (χ2v) is 6.09. The van der Waals surface area contributed by atoms with E-state index in [2.05, 4.69) is 12.2 Å². The molecular formula is C14H22O3. The Bertz CT molecular complexity index is 310. The van der Waals surface area contributed by atoms with E-state index < -0.39 is 12.2 Å². The average Bonchev–Trinajstić information content (AvgIpc) is 2.49. The molecule has 0 aromatic heterocycles. The first-order chi connectivity index (χ1) is 8.07. The van der Waals surface area contributed by atoms with Crippen molar-refractivity contribution >= 4 is 0 Å². The second-order valence-electron chi connectivity index (χ2n) is 6.09. The average molecular weight is 238 g/mol. The summed E-state index contributed by atoms with van der Waals surface area (Å²) in [5.41, 5.74) is 0. The summed E-state index contributed by atoms with van der Waals surface area (Å²) < 4.78 is 5.71. The molecule has 0 aromatic rings. The molecule has 0 spiro atoms. The van der Waals surface area contributed by atoms with Crippen LogP contribution < -0.4 is 0 Å². The van der Waals surface area contributed by atoms with Crippen LogP contribution in [0.1, 0.15) is 13.8 Å². The first kappa shape index (κ1) is 11.7. The van der Waals surface area contributed by atoms with Crippen LogP contribution >= 0.6 is 0 Å². The van der Waals surface area contributed by atoms with Crippen molar-refractivity contribution in [2.45, 2.75) is 32.2 Å². The molecule has 0 aromatic carbocycles. The summed E-state index contributed by atoms with van der Waals surface area (Å²) in [7, 11) is 1.76. The molecule has 2 bridgehead atoms. The van der Waals surface area contributed by atoms with Crippen molar-refractivity contribution in [3.05, 3.63) is 12.2 Å². The molecule has 0 aliphatic heterocycles. The molecule has 0 radical (unpaired) electrons. The van der Waals surface area contributed by atoms with Crippen molar-refractivity contribution in [1.82, 2.24) is 0 Å². The number of aliphatic hydroxyl groups is 2. The molecule has 3 unspecified atom stereocenters. The highest BCUT2D eigenvalue weighted by atomic mass is 16.5. The Kier molecular flexibility index (Phi) is 2.62. The van der Waals surface area contributed by atoms with Gasteiger partial charge in [0, 0.05) is 7.11 Å². The zero-order valence-electron chi connectivity index (χ0n) is 10.7. The van der Waals surface area contributed by atoms with Crippen LogP contribution in [0.5, 0.6) is 0 Å². The highest BCUT2D eigenvalue weighted by Gasteiger charge is 2.60. The number of rotatable bonds is 1. The Hall–Kier alpha value is -0.380. The third-order valence-corrected chi connectivity index (χ3v) is 5.56. The molecule has 3 nitrogen and oxygen atoms in total. The number of hydrogen-bond acceptors (Lipinski definition) is 3. The smallest absolute Gasteiger partial charge is 0.0831 e. The van der Waals surface area contributed by atoms with Crippen molar-refractivity contribution < 1.29 is 14.9 Å². The van der Waals surface area contributed by atoms with E-state index in [1.54, 1.807) is 7.11 Å². The summed E-state index contributed by atoms with van der Waals surface area (Å²) in [5, 5.41) is 20.5. The number of aliphatic hydroxyl groups excluding tert-OH is 2. The number of allylic oxidation sites excluding steroid dienone is 2. The number of fused-ring (bicyclic) bond motifs is 5. The van der Waals surface area contributed by atoms with Gasteiger partial charge in [0.1, 0.15) is 0 Å². The van der Waals surface area contributed by atoms with Crippen molar-refractivity contribution in [2.75, 3.05) is 7.11 Å². The molecule has 3 aliphatic rings. The Balaban J connectivity index is 2.02. The first-order valence-corrected chi connectivity index (χ1v) is 6.65. The lowest BCUT2D eigenvalue weighted by Gasteiger charge is -2.39. The van der Waals surface area contributed by atoms with Gasteiger partial charge in [-0.3, -0.25) is 0 Å². The summed E-state index contributed by atoms with van der Waals surface area (Å²) in [5.74, 6) is 2.00. The Morgan fingerprint density at radius 2 is 1.29 bits per heavy atom. The topological polar surface area (TPSA) is 49.7 Å². The van der Waals surface area contributed by atoms with E-state index in [-0.39, 0.29) is 17.9 Å². The molecule has 2 fully saturated rings. The van der Waals surface area contributed by atoms with Gasteiger partial charge < -0.3 is 14.9 Å². The molecule has 3 aliphatic carbocycles. The van der Waals surface area contributed by atoms with Gasteiger partial charge in [-0.25, -0.2) is 0 Å². The fraction of sp³-hybridized carbons (Fsp3) is 0.857. The van der Waals surface area contributed by atoms with Crippen LogP contribution in [0.15, 0.2) is 12.2 Å². The predicted octanol–water partition coefficient (Wildman–Crippen LogP) is 1.06. The van der Waals surface area contributed by atoms with Crippen molar-refractivity contribution in [2.24, 2.45) is 35.5 Å². The fourth-order valence-corrected chi connectivity index (χ4v) is 4.52. The van der Waals surface area contributed by atoms with E-state index in [1.165, 1.54) is 0 Å². The lowest BCUT2D eigenvalue weighted by atomic mass is 9.68. The van der Waals surface area contributed by atoms with Crippen molar-refractivity contribution in [1.29, 1.82) is 0 Å². The predicted molar refractivity (Wildman–Crippen MR) is 64.2 cm³/mol. The van der Waals surface area contributed by atoms with Gasteiger partial charge in [0.25, 0.3) is 0 Å². The maximum atomic E-state index is 10.2. The van der Waals surface area contributed by atoms with Gasteiger partial charge in [0.05, 0.1) is 18.3 Å². The van der Waals surface area contributed by atoms with Crippen molar-refractivity contribution in [3.63, 3.8) is 0 Å². The van der Waals surface area contributed by atoms with Crippen LogP contribution in [-0.4, -0.2) is 35.6 Å². The van der Waals surface area contributed by atoms with Gasteiger partial charge in [0.15, 0.2) is 0 Å². The Morgan fingerprint density at radius 3 is 1.59 bits per heavy atom. The summed E-state index contributed by atoms with van der Waals surface area (Å²) in [6, 6.07) is 0. The summed E-state index contributed by atoms with van der Waals surface area (Å²) >= 11 is 0. The monoisotopic (exact) mass is 238 g/mol. The molecule has 0 amide bonds. The van der Waals surface area contributed by atoms with Crippen LogP contribution in [0.3, 0.4) is 0 Å². The highest BCUT2D eigenvalue weighted by Crippen LogP contribution is 2.58. The molecule has 0 saturated heterocycles. The SMILES string of the molecule is COC1[C@H]2C3C=CC3[C@@H]1[C@H](C)[C@@H](O)[C@@H](O)[C@@H]2C. The van der Waals surface area contributed by atoms with E-state index >= 15 is 0 Å². The third kappa shape index (κ3) is 1.33. The normalized spacial score (nSPS) is 60.6. The minimum Gasteiger partial charge on any atom is -0.390 e. The van der Waals surface area contributed by atoms with E-state index in [9.17, 15) is 10.2 Å². The van der Waals surface area contributed by atoms with Crippen LogP contribution in [-0.2, 0) is 4.74 Å². The summed E-state index contributed by atoms with van der Waals surface area (Å²) in [6.45, 7) is 4.10. The zero-order valence-corrected chi connectivity index (χ0v) is 10.7. The zero-order chi connectivity index (χ0) is 12.3. The molecular weight excluding hydrogens is 216 g/mol. The maximum Gasteiger partial charge on any atom is 0.0831 e. The molecule has 0 heterocycles. The molecule has 2 saturated carbocycles. The largest absolute Gasteiger partial charge is 0.390 e. The lowest BCUT2D eigenvalue weighted by Crippen LogP contribution is -2.44. The summed E-state index contributed by atoms with van der Waals surface area (Å²) in [4.78, 5) is 0.